The largest absolute Gasteiger partial charge is 0.335 e. The fourth-order valence-electron chi connectivity index (χ4n) is 1.43. The van der Waals surface area contributed by atoms with Crippen LogP contribution in [-0.2, 0) is 16.0 Å². The summed E-state index contributed by atoms with van der Waals surface area (Å²) >= 11 is 5.40. The molecule has 0 aliphatic rings. The summed E-state index contributed by atoms with van der Waals surface area (Å²) in [5.74, 6) is -0.622. The van der Waals surface area contributed by atoms with E-state index in [1.165, 1.54) is 10.5 Å². The molecule has 0 radical (unpaired) electrons. The summed E-state index contributed by atoms with van der Waals surface area (Å²) < 4.78 is 0. The number of nitrogens with zero attached hydrogens (tertiary/aromatic N) is 1. The van der Waals surface area contributed by atoms with E-state index < -0.39 is 0 Å². The highest BCUT2D eigenvalue weighted by molar-refractivity contribution is 6.27. The van der Waals surface area contributed by atoms with Crippen molar-refractivity contribution in [1.29, 1.82) is 0 Å². The normalized spacial score (nSPS) is 9.94. The Balaban J connectivity index is 2.51. The van der Waals surface area contributed by atoms with Crippen LogP contribution in [0.3, 0.4) is 0 Å². The number of amides is 2. The summed E-state index contributed by atoms with van der Waals surface area (Å²) in [6.07, 6.45) is 0.960. The number of likely N-dealkylation sites (N-methyl/N-ethyl adjacent to an activating group) is 1. The van der Waals surface area contributed by atoms with Gasteiger partial charge in [0.2, 0.25) is 11.8 Å². The van der Waals surface area contributed by atoms with Crippen LogP contribution in [0.1, 0.15) is 12.5 Å². The molecule has 98 valence electrons. The molecule has 2 amide bonds. The van der Waals surface area contributed by atoms with Gasteiger partial charge < -0.3 is 10.2 Å². The lowest BCUT2D eigenvalue weighted by Crippen LogP contribution is -2.35. The van der Waals surface area contributed by atoms with Gasteiger partial charge in [-0.25, -0.2) is 0 Å². The molecule has 1 N–H and O–H groups in total. The summed E-state index contributed by atoms with van der Waals surface area (Å²) in [5, 5.41) is 2.73. The first-order chi connectivity index (χ1) is 8.56. The van der Waals surface area contributed by atoms with E-state index in [0.717, 1.165) is 12.1 Å². The van der Waals surface area contributed by atoms with Crippen LogP contribution in [0, 0.1) is 0 Å². The minimum atomic E-state index is -0.270. The lowest BCUT2D eigenvalue weighted by molar-refractivity contribution is -0.131. The highest BCUT2D eigenvalue weighted by atomic mass is 35.5. The minimum absolute atomic E-state index is 0.00107. The van der Waals surface area contributed by atoms with Crippen LogP contribution in [0.2, 0.25) is 0 Å². The van der Waals surface area contributed by atoms with Crippen LogP contribution < -0.4 is 5.32 Å². The van der Waals surface area contributed by atoms with Crippen LogP contribution in [0.5, 0.6) is 0 Å². The molecule has 0 unspecified atom stereocenters. The lowest BCUT2D eigenvalue weighted by Gasteiger charge is -2.15. The molecule has 1 aromatic carbocycles. The van der Waals surface area contributed by atoms with Crippen LogP contribution in [-0.4, -0.2) is 36.2 Å². The van der Waals surface area contributed by atoms with Crippen molar-refractivity contribution in [3.8, 4) is 0 Å². The van der Waals surface area contributed by atoms with E-state index >= 15 is 0 Å². The third kappa shape index (κ3) is 4.37. The Hall–Kier alpha value is -1.55. The highest BCUT2D eigenvalue weighted by Crippen LogP contribution is 2.09. The molecular formula is C13H17ClN2O2. The van der Waals surface area contributed by atoms with Crippen LogP contribution >= 0.6 is 11.6 Å². The van der Waals surface area contributed by atoms with Gasteiger partial charge in [0.05, 0.1) is 6.54 Å². The van der Waals surface area contributed by atoms with Gasteiger partial charge in [-0.1, -0.05) is 19.1 Å². The molecule has 0 atom stereocenters. The van der Waals surface area contributed by atoms with Crippen molar-refractivity contribution in [2.24, 2.45) is 0 Å². The maximum absolute atomic E-state index is 11.6. The van der Waals surface area contributed by atoms with Crippen molar-refractivity contribution in [2.45, 2.75) is 13.3 Å². The first-order valence-electron chi connectivity index (χ1n) is 5.75. The highest BCUT2D eigenvalue weighted by Gasteiger charge is 2.11. The zero-order valence-electron chi connectivity index (χ0n) is 10.6. The van der Waals surface area contributed by atoms with Gasteiger partial charge in [-0.2, -0.15) is 0 Å². The molecule has 1 rings (SSSR count). The molecular weight excluding hydrogens is 252 g/mol. The van der Waals surface area contributed by atoms with E-state index in [-0.39, 0.29) is 24.2 Å². The molecule has 0 bridgehead atoms. The van der Waals surface area contributed by atoms with Gasteiger partial charge in [-0.05, 0) is 24.1 Å². The SMILES string of the molecule is CCc1ccc(NC(=O)CN(C)C(=O)CCl)cc1. The molecule has 0 spiro atoms. The van der Waals surface area contributed by atoms with Gasteiger partial charge in [0.15, 0.2) is 0 Å². The number of halogens is 1. The summed E-state index contributed by atoms with van der Waals surface area (Å²) in [5.41, 5.74) is 1.94. The molecule has 0 heterocycles. The molecule has 4 nitrogen and oxygen atoms in total. The Morgan fingerprint density at radius 1 is 1.28 bits per heavy atom. The van der Waals surface area contributed by atoms with E-state index in [0.29, 0.717) is 0 Å². The van der Waals surface area contributed by atoms with Crippen LogP contribution in [0.25, 0.3) is 0 Å². The second-order valence-electron chi connectivity index (χ2n) is 3.98. The van der Waals surface area contributed by atoms with Gasteiger partial charge in [0.1, 0.15) is 5.88 Å². The van der Waals surface area contributed by atoms with Crippen LogP contribution in [0.15, 0.2) is 24.3 Å². The molecule has 0 saturated heterocycles. The van der Waals surface area contributed by atoms with Crippen molar-refractivity contribution in [2.75, 3.05) is 24.8 Å². The summed E-state index contributed by atoms with van der Waals surface area (Å²) in [6, 6.07) is 7.62. The number of hydrogen-bond acceptors (Lipinski definition) is 2. The first kappa shape index (κ1) is 14.5. The van der Waals surface area contributed by atoms with E-state index in [2.05, 4.69) is 12.2 Å². The van der Waals surface area contributed by atoms with Gasteiger partial charge in [-0.3, -0.25) is 9.59 Å². The Bertz CT molecular complexity index is 418. The predicted octanol–water partition coefficient (Wildman–Crippen LogP) is 1.88. The van der Waals surface area contributed by atoms with E-state index in [4.69, 9.17) is 11.6 Å². The lowest BCUT2D eigenvalue weighted by atomic mass is 10.1. The molecule has 0 aromatic heterocycles. The van der Waals surface area contributed by atoms with Crippen molar-refractivity contribution < 1.29 is 9.59 Å². The smallest absolute Gasteiger partial charge is 0.243 e. The number of anilines is 1. The second-order valence-corrected chi connectivity index (χ2v) is 4.25. The average Bonchev–Trinajstić information content (AvgIpc) is 2.38. The fourth-order valence-corrected chi connectivity index (χ4v) is 1.63. The molecule has 0 aliphatic heterocycles. The number of carbonyl (C=O) groups is 2. The number of rotatable bonds is 5. The van der Waals surface area contributed by atoms with Crippen molar-refractivity contribution in [1.82, 2.24) is 4.90 Å². The third-order valence-corrected chi connectivity index (χ3v) is 2.80. The van der Waals surface area contributed by atoms with Gasteiger partial charge >= 0.3 is 0 Å². The zero-order valence-corrected chi connectivity index (χ0v) is 11.3. The van der Waals surface area contributed by atoms with E-state index in [1.807, 2.05) is 24.3 Å². The molecule has 0 saturated carbocycles. The Labute approximate surface area is 112 Å². The van der Waals surface area contributed by atoms with Gasteiger partial charge in [-0.15, -0.1) is 11.6 Å². The standard InChI is InChI=1S/C13H17ClN2O2/c1-3-10-4-6-11(7-5-10)15-12(17)9-16(2)13(18)8-14/h4-7H,3,8-9H2,1-2H3,(H,15,17). The van der Waals surface area contributed by atoms with Crippen molar-refractivity contribution in [3.63, 3.8) is 0 Å². The minimum Gasteiger partial charge on any atom is -0.335 e. The summed E-state index contributed by atoms with van der Waals surface area (Å²) in [4.78, 5) is 24.1. The number of alkyl halides is 1. The third-order valence-electron chi connectivity index (χ3n) is 2.57. The molecule has 0 fully saturated rings. The molecule has 1 aromatic rings. The van der Waals surface area contributed by atoms with E-state index in [1.54, 1.807) is 7.05 Å². The summed E-state index contributed by atoms with van der Waals surface area (Å²) in [7, 11) is 1.55. The number of carbonyl (C=O) groups excluding carboxylic acids is 2. The maximum Gasteiger partial charge on any atom is 0.243 e. The number of hydrogen-bond donors (Lipinski definition) is 1. The zero-order chi connectivity index (χ0) is 13.5. The molecule has 0 aliphatic carbocycles. The predicted molar refractivity (Wildman–Crippen MR) is 72.8 cm³/mol. The topological polar surface area (TPSA) is 49.4 Å². The average molecular weight is 269 g/mol. The number of aryl methyl sites for hydroxylation is 1. The second kappa shape index (κ2) is 7.01. The Kier molecular flexibility index (Phi) is 5.65. The number of benzene rings is 1. The van der Waals surface area contributed by atoms with E-state index in [9.17, 15) is 9.59 Å². The van der Waals surface area contributed by atoms with Crippen LogP contribution in [0.4, 0.5) is 5.69 Å². The van der Waals surface area contributed by atoms with Crippen molar-refractivity contribution in [3.05, 3.63) is 29.8 Å². The fraction of sp³-hybridized carbons (Fsp3) is 0.385. The molecule has 18 heavy (non-hydrogen) atoms. The Morgan fingerprint density at radius 3 is 2.39 bits per heavy atom. The molecule has 5 heteroatoms. The Morgan fingerprint density at radius 2 is 1.89 bits per heavy atom. The maximum atomic E-state index is 11.6. The van der Waals surface area contributed by atoms with Gasteiger partial charge in [0, 0.05) is 12.7 Å². The monoisotopic (exact) mass is 268 g/mol. The first-order valence-corrected chi connectivity index (χ1v) is 6.29. The quantitative estimate of drug-likeness (QED) is 0.829. The number of nitrogens with one attached hydrogen (secondary N) is 1. The van der Waals surface area contributed by atoms with Gasteiger partial charge in [0.25, 0.3) is 0 Å². The summed E-state index contributed by atoms with van der Waals surface area (Å²) in [6.45, 7) is 2.07. The van der Waals surface area contributed by atoms with Crippen molar-refractivity contribution >= 4 is 29.1 Å².